The van der Waals surface area contributed by atoms with Gasteiger partial charge in [-0.05, 0) is 62.5 Å². The van der Waals surface area contributed by atoms with Crippen LogP contribution in [0.1, 0.15) is 57.4 Å². The molecular formula is C24H30O5. The summed E-state index contributed by atoms with van der Waals surface area (Å²) in [6, 6.07) is 0. The summed E-state index contributed by atoms with van der Waals surface area (Å²) in [6.07, 6.45) is 9.22. The van der Waals surface area contributed by atoms with E-state index in [0.29, 0.717) is 12.8 Å². The zero-order valence-corrected chi connectivity index (χ0v) is 17.2. The summed E-state index contributed by atoms with van der Waals surface area (Å²) in [5.74, 6) is -2.89. The van der Waals surface area contributed by atoms with E-state index >= 15 is 0 Å². The fraction of sp³-hybridized carbons (Fsp3) is 0.625. The van der Waals surface area contributed by atoms with Crippen LogP contribution in [-0.4, -0.2) is 34.9 Å². The first-order chi connectivity index (χ1) is 14.7. The van der Waals surface area contributed by atoms with Crippen LogP contribution >= 0.6 is 0 Å². The molecule has 0 aromatic heterocycles. The molecular weight excluding hydrogens is 368 g/mol. The summed E-state index contributed by atoms with van der Waals surface area (Å²) in [7, 11) is 0. The molecule has 0 spiro atoms. The third-order valence-corrected chi connectivity index (χ3v) is 8.03. The molecule has 0 heterocycles. The molecule has 156 valence electrons. The van der Waals surface area contributed by atoms with Crippen LogP contribution in [0.5, 0.6) is 0 Å². The van der Waals surface area contributed by atoms with Crippen LogP contribution in [0.2, 0.25) is 0 Å². The van der Waals surface area contributed by atoms with Crippen molar-refractivity contribution in [2.24, 2.45) is 28.6 Å². The molecule has 0 saturated heterocycles. The first-order valence-electron chi connectivity index (χ1n) is 11.8. The molecule has 0 aromatic rings. The van der Waals surface area contributed by atoms with Crippen LogP contribution in [0.4, 0.5) is 0 Å². The molecule has 1 N–H and O–H groups in total. The molecule has 29 heavy (non-hydrogen) atoms. The Balaban J connectivity index is 1.78. The van der Waals surface area contributed by atoms with Gasteiger partial charge in [0, 0.05) is 21.9 Å². The molecule has 4 aliphatic carbocycles. The maximum atomic E-state index is 13.2. The van der Waals surface area contributed by atoms with E-state index < -0.39 is 47.6 Å². The molecule has 0 aromatic carbocycles. The third kappa shape index (κ3) is 2.66. The lowest BCUT2D eigenvalue weighted by atomic mass is 9.51. The smallest absolute Gasteiger partial charge is 0.303 e. The quantitative estimate of drug-likeness (QED) is 0.580. The number of ketones is 2. The van der Waals surface area contributed by atoms with Gasteiger partial charge in [0.2, 0.25) is 5.78 Å². The maximum absolute atomic E-state index is 13.2. The average molecular weight is 402 g/mol. The van der Waals surface area contributed by atoms with Crippen molar-refractivity contribution in [2.75, 3.05) is 6.61 Å². The van der Waals surface area contributed by atoms with Gasteiger partial charge in [-0.25, -0.2) is 0 Å². The maximum Gasteiger partial charge on any atom is 0.303 e. The second-order valence-corrected chi connectivity index (χ2v) is 9.40. The van der Waals surface area contributed by atoms with Crippen molar-refractivity contribution in [1.29, 1.82) is 0 Å². The minimum absolute atomic E-state index is 0.00541. The van der Waals surface area contributed by atoms with Gasteiger partial charge in [0.1, 0.15) is 5.60 Å². The van der Waals surface area contributed by atoms with Crippen LogP contribution in [-0.2, 0) is 19.1 Å². The van der Waals surface area contributed by atoms with E-state index in [4.69, 9.17) is 8.85 Å². The summed E-state index contributed by atoms with van der Waals surface area (Å²) >= 11 is 0. The highest BCUT2D eigenvalue weighted by molar-refractivity contribution is 6.01. The Hall–Kier alpha value is -2.01. The first-order valence-corrected chi connectivity index (χ1v) is 10.3. The van der Waals surface area contributed by atoms with Crippen LogP contribution in [0.25, 0.3) is 0 Å². The number of esters is 1. The van der Waals surface area contributed by atoms with Gasteiger partial charge in [0.05, 0.1) is 0 Å². The van der Waals surface area contributed by atoms with E-state index in [1.807, 2.05) is 12.2 Å². The second-order valence-electron chi connectivity index (χ2n) is 9.40. The van der Waals surface area contributed by atoms with E-state index in [1.54, 1.807) is 19.1 Å². The molecule has 0 unspecified atom stereocenters. The van der Waals surface area contributed by atoms with Crippen molar-refractivity contribution in [3.05, 3.63) is 35.5 Å². The zero-order chi connectivity index (χ0) is 23.7. The Morgan fingerprint density at radius 1 is 1.38 bits per heavy atom. The Bertz CT molecular complexity index is 977. The van der Waals surface area contributed by atoms with E-state index in [1.165, 1.54) is 6.92 Å². The van der Waals surface area contributed by atoms with Crippen molar-refractivity contribution in [2.45, 2.75) is 58.9 Å². The molecule has 4 rings (SSSR count). The molecule has 0 aliphatic heterocycles. The summed E-state index contributed by atoms with van der Waals surface area (Å²) in [6.45, 7) is 1.87. The van der Waals surface area contributed by atoms with Crippen molar-refractivity contribution >= 4 is 17.5 Å². The predicted molar refractivity (Wildman–Crippen MR) is 108 cm³/mol. The molecule has 5 heteroatoms. The minimum Gasteiger partial charge on any atom is -0.458 e. The highest BCUT2D eigenvalue weighted by Gasteiger charge is 2.67. The number of hydrogen-bond acceptors (Lipinski definition) is 5. The number of hydrogen-bond donors (Lipinski definition) is 1. The van der Waals surface area contributed by atoms with E-state index in [9.17, 15) is 19.5 Å². The van der Waals surface area contributed by atoms with E-state index in [2.05, 4.69) is 6.92 Å². The fourth-order valence-electron chi connectivity index (χ4n) is 6.36. The molecule has 0 amide bonds. The first kappa shape index (κ1) is 16.8. The van der Waals surface area contributed by atoms with Gasteiger partial charge in [0.25, 0.3) is 0 Å². The number of ether oxygens (including phenoxy) is 1. The molecule has 0 bridgehead atoms. The zero-order valence-electron chi connectivity index (χ0n) is 20.2. The largest absolute Gasteiger partial charge is 0.458 e. The topological polar surface area (TPSA) is 80.7 Å². The number of Topliss-reactive ketones (excluding diaryl/α,β-unsaturated/α-hetero) is 1. The number of carbonyl (C=O) groups is 3. The van der Waals surface area contributed by atoms with Crippen LogP contribution in [0.3, 0.4) is 0 Å². The van der Waals surface area contributed by atoms with E-state index in [-0.39, 0.29) is 24.0 Å². The van der Waals surface area contributed by atoms with Gasteiger partial charge in [-0.3, -0.25) is 14.4 Å². The Kier molecular flexibility index (Phi) is 3.75. The summed E-state index contributed by atoms with van der Waals surface area (Å²) in [5, 5.41) is 11.8. The molecule has 5 nitrogen and oxygen atoms in total. The number of allylic oxidation sites excluding steroid dienone is 6. The van der Waals surface area contributed by atoms with Crippen molar-refractivity contribution in [3.63, 3.8) is 0 Å². The number of carbonyl (C=O) groups excluding carboxylic acids is 3. The number of rotatable bonds is 3. The Morgan fingerprint density at radius 3 is 2.83 bits per heavy atom. The van der Waals surface area contributed by atoms with Crippen LogP contribution in [0, 0.1) is 28.6 Å². The summed E-state index contributed by atoms with van der Waals surface area (Å²) in [5.41, 5.74) is -1.33. The minimum atomic E-state index is -2.54. The van der Waals surface area contributed by atoms with Crippen molar-refractivity contribution in [1.82, 2.24) is 0 Å². The summed E-state index contributed by atoms with van der Waals surface area (Å²) < 4.78 is 29.2. The number of aliphatic hydroxyl groups is 1. The van der Waals surface area contributed by atoms with Crippen molar-refractivity contribution < 1.29 is 28.3 Å². The monoisotopic (exact) mass is 401 g/mol. The highest BCUT2D eigenvalue weighted by atomic mass is 16.5. The van der Waals surface area contributed by atoms with Crippen molar-refractivity contribution in [3.8, 4) is 0 Å². The lowest BCUT2D eigenvalue weighted by Crippen LogP contribution is -2.57. The lowest BCUT2D eigenvalue weighted by molar-refractivity contribution is -0.167. The SMILES string of the molecule is [2H]C([2H])([2H])[C@@H]1C[C@H]2[C@@H]3CCC4=CC(=O)C=C[C@]4(C)C3=CC[C@]2(C)[C@@]1(O)C(=O)COC(C)=O. The van der Waals surface area contributed by atoms with Gasteiger partial charge in [0.15, 0.2) is 12.4 Å². The average Bonchev–Trinajstić information content (AvgIpc) is 2.95. The Morgan fingerprint density at radius 2 is 2.14 bits per heavy atom. The third-order valence-electron chi connectivity index (χ3n) is 8.03. The van der Waals surface area contributed by atoms with Gasteiger partial charge in [-0.15, -0.1) is 0 Å². The lowest BCUT2D eigenvalue weighted by Gasteiger charge is -2.53. The second kappa shape index (κ2) is 6.49. The molecule has 2 fully saturated rings. The van der Waals surface area contributed by atoms with Crippen LogP contribution in [0.15, 0.2) is 35.5 Å². The number of fused-ring (bicyclic) bond motifs is 5. The molecule has 6 atom stereocenters. The highest BCUT2D eigenvalue weighted by Crippen LogP contribution is 2.66. The van der Waals surface area contributed by atoms with Crippen LogP contribution < -0.4 is 0 Å². The molecule has 2 saturated carbocycles. The predicted octanol–water partition coefficient (Wildman–Crippen LogP) is 3.32. The Labute approximate surface area is 176 Å². The van der Waals surface area contributed by atoms with Gasteiger partial charge in [-0.2, -0.15) is 0 Å². The summed E-state index contributed by atoms with van der Waals surface area (Å²) in [4.78, 5) is 36.4. The normalized spacial score (nSPS) is 44.9. The molecule has 4 aliphatic rings. The van der Waals surface area contributed by atoms with Gasteiger partial charge >= 0.3 is 5.97 Å². The van der Waals surface area contributed by atoms with Gasteiger partial charge in [-0.1, -0.05) is 37.1 Å². The fourth-order valence-corrected chi connectivity index (χ4v) is 6.36. The molecule has 0 radical (unpaired) electrons. The standard InChI is InChI=1S/C24H30O5/c1-14-11-20-18-6-5-16-12-17(26)7-9-22(16,3)19(18)8-10-23(20,4)24(14,28)21(27)13-29-15(2)25/h7-9,12,14,18,20,28H,5-6,10-11,13H2,1-4H3/t14-,18-,20+,22+,23+,24+/m1/s1/i1D3. The van der Waals surface area contributed by atoms with E-state index in [0.717, 1.165) is 17.6 Å². The van der Waals surface area contributed by atoms with Gasteiger partial charge < -0.3 is 9.84 Å².